The summed E-state index contributed by atoms with van der Waals surface area (Å²) in [7, 11) is -3.92. The highest BCUT2D eigenvalue weighted by molar-refractivity contribution is 7.85. The number of aromatic nitrogens is 1. The van der Waals surface area contributed by atoms with Crippen LogP contribution < -0.4 is 4.98 Å². The molecule has 0 bridgehead atoms. The molecule has 1 heterocycles. The first-order valence-electron chi connectivity index (χ1n) is 4.32. The summed E-state index contributed by atoms with van der Waals surface area (Å²) in [5.74, 6) is -0.243. The van der Waals surface area contributed by atoms with Gasteiger partial charge in [0.2, 0.25) is 0 Å². The van der Waals surface area contributed by atoms with Crippen LogP contribution in [-0.2, 0) is 10.1 Å². The molecule has 0 saturated carbocycles. The van der Waals surface area contributed by atoms with Crippen LogP contribution in [0.25, 0.3) is 0 Å². The quantitative estimate of drug-likeness (QED) is 0.686. The molecule has 0 aliphatic carbocycles. The van der Waals surface area contributed by atoms with Gasteiger partial charge in [0.25, 0.3) is 0 Å². The van der Waals surface area contributed by atoms with E-state index in [1.807, 2.05) is 31.3 Å². The van der Waals surface area contributed by atoms with Crippen LogP contribution in [-0.4, -0.2) is 18.7 Å². The molecule has 14 heavy (non-hydrogen) atoms. The Kier molecular flexibility index (Phi) is 6.07. The number of pyridine rings is 1. The standard InChI is InChI=1S/C6H7N.C3H8O3S/c1-6-4-2-3-5-7-6;1-2-3-7(4,5)6/h2-5H,1H3;2-3H2,1H3,(H,4,5,6). The van der Waals surface area contributed by atoms with Crippen molar-refractivity contribution in [3.63, 3.8) is 0 Å². The molecule has 0 saturated heterocycles. The molecule has 1 N–H and O–H groups in total. The first-order chi connectivity index (χ1) is 6.45. The monoisotopic (exact) mass is 217 g/mol. The summed E-state index contributed by atoms with van der Waals surface area (Å²) < 4.78 is 29.0. The molecular weight excluding hydrogens is 202 g/mol. The lowest BCUT2D eigenvalue weighted by molar-refractivity contribution is -0.387. The highest BCUT2D eigenvalue weighted by Gasteiger charge is 1.86. The highest BCUT2D eigenvalue weighted by Crippen LogP contribution is 1.83. The molecule has 0 atom stereocenters. The maximum Gasteiger partial charge on any atom is 0.176 e. The zero-order valence-electron chi connectivity index (χ0n) is 8.36. The molecule has 4 nitrogen and oxygen atoms in total. The summed E-state index contributed by atoms with van der Waals surface area (Å²) >= 11 is 0. The van der Waals surface area contributed by atoms with Gasteiger partial charge < -0.3 is 4.55 Å². The average Bonchev–Trinajstić information content (AvgIpc) is 2.04. The number of rotatable bonds is 2. The van der Waals surface area contributed by atoms with Crippen molar-refractivity contribution in [3.8, 4) is 0 Å². The van der Waals surface area contributed by atoms with Gasteiger partial charge in [-0.05, 0) is 6.42 Å². The normalized spacial score (nSPS) is 10.2. The molecule has 0 aromatic carbocycles. The summed E-state index contributed by atoms with van der Waals surface area (Å²) in [6, 6.07) is 6.00. The number of H-pyrrole nitrogens is 1. The molecular formula is C9H15NO3S. The molecule has 0 fully saturated rings. The van der Waals surface area contributed by atoms with Crippen molar-refractivity contribution in [2.24, 2.45) is 0 Å². The molecule has 1 aromatic heterocycles. The van der Waals surface area contributed by atoms with Crippen molar-refractivity contribution >= 4 is 10.1 Å². The van der Waals surface area contributed by atoms with Gasteiger partial charge in [0.05, 0.1) is 10.1 Å². The molecule has 0 unspecified atom stereocenters. The van der Waals surface area contributed by atoms with Crippen molar-refractivity contribution in [2.75, 3.05) is 5.75 Å². The smallest absolute Gasteiger partial charge is 0.176 e. The zero-order chi connectivity index (χ0) is 11.0. The summed E-state index contributed by atoms with van der Waals surface area (Å²) in [4.78, 5) is 3.03. The molecule has 5 heteroatoms. The van der Waals surface area contributed by atoms with Gasteiger partial charge in [-0.3, -0.25) is 0 Å². The van der Waals surface area contributed by atoms with Crippen molar-refractivity contribution in [2.45, 2.75) is 20.3 Å². The number of nitrogens with one attached hydrogen (secondary N) is 1. The van der Waals surface area contributed by atoms with E-state index in [2.05, 4.69) is 4.98 Å². The number of hydrogen-bond acceptors (Lipinski definition) is 3. The van der Waals surface area contributed by atoms with Gasteiger partial charge in [-0.25, -0.2) is 13.4 Å². The van der Waals surface area contributed by atoms with Gasteiger partial charge in [0.15, 0.2) is 11.9 Å². The van der Waals surface area contributed by atoms with E-state index in [-0.39, 0.29) is 5.75 Å². The topological polar surface area (TPSA) is 71.3 Å². The molecule has 0 amide bonds. The Bertz CT molecular complexity index is 334. The minimum Gasteiger partial charge on any atom is -0.748 e. The largest absolute Gasteiger partial charge is 0.748 e. The summed E-state index contributed by atoms with van der Waals surface area (Å²) in [6.07, 6.45) is 2.32. The van der Waals surface area contributed by atoms with Crippen LogP contribution in [0, 0.1) is 6.92 Å². The maximum absolute atomic E-state index is 9.68. The van der Waals surface area contributed by atoms with Crippen LogP contribution in [0.4, 0.5) is 0 Å². The SMILES string of the molecule is CCCS(=O)(=O)[O-].Cc1cccc[nH+]1. The molecule has 0 aliphatic heterocycles. The molecule has 1 aromatic rings. The highest BCUT2D eigenvalue weighted by atomic mass is 32.2. The number of aryl methyl sites for hydroxylation is 1. The first kappa shape index (κ1) is 13.1. The van der Waals surface area contributed by atoms with Crippen LogP contribution in [0.1, 0.15) is 19.0 Å². The van der Waals surface area contributed by atoms with Gasteiger partial charge >= 0.3 is 0 Å². The van der Waals surface area contributed by atoms with E-state index in [0.717, 1.165) is 0 Å². The maximum atomic E-state index is 9.68. The fourth-order valence-corrected chi connectivity index (χ4v) is 1.23. The first-order valence-corrected chi connectivity index (χ1v) is 5.90. The predicted octanol–water partition coefficient (Wildman–Crippen LogP) is 0.751. The Hall–Kier alpha value is -0.940. The summed E-state index contributed by atoms with van der Waals surface area (Å²) in [5, 5.41) is 0. The van der Waals surface area contributed by atoms with Crippen LogP contribution in [0.2, 0.25) is 0 Å². The molecule has 80 valence electrons. The Morgan fingerprint density at radius 3 is 2.21 bits per heavy atom. The minimum absolute atomic E-state index is 0.243. The Balaban J connectivity index is 0.000000241. The van der Waals surface area contributed by atoms with Crippen molar-refractivity contribution in [3.05, 3.63) is 30.1 Å². The van der Waals surface area contributed by atoms with E-state index >= 15 is 0 Å². The molecule has 0 spiro atoms. The van der Waals surface area contributed by atoms with Crippen molar-refractivity contribution in [1.82, 2.24) is 0 Å². The second-order valence-corrected chi connectivity index (χ2v) is 4.33. The van der Waals surface area contributed by atoms with E-state index in [0.29, 0.717) is 6.42 Å². The Morgan fingerprint density at radius 1 is 1.43 bits per heavy atom. The molecule has 0 aliphatic rings. The van der Waals surface area contributed by atoms with Gasteiger partial charge in [-0.1, -0.05) is 13.0 Å². The van der Waals surface area contributed by atoms with Gasteiger partial charge in [-0.15, -0.1) is 0 Å². The summed E-state index contributed by atoms with van der Waals surface area (Å²) in [6.45, 7) is 3.68. The van der Waals surface area contributed by atoms with Gasteiger partial charge in [0, 0.05) is 24.8 Å². The lowest BCUT2D eigenvalue weighted by Gasteiger charge is -2.00. The van der Waals surface area contributed by atoms with Crippen molar-refractivity contribution < 1.29 is 18.0 Å². The Labute approximate surface area is 84.7 Å². The average molecular weight is 217 g/mol. The zero-order valence-corrected chi connectivity index (χ0v) is 9.17. The van der Waals surface area contributed by atoms with Gasteiger partial charge in [-0.2, -0.15) is 0 Å². The number of aromatic amines is 1. The van der Waals surface area contributed by atoms with Crippen LogP contribution in [0.15, 0.2) is 24.4 Å². The van der Waals surface area contributed by atoms with E-state index in [4.69, 9.17) is 0 Å². The molecule has 1 rings (SSSR count). The lowest BCUT2D eigenvalue weighted by Crippen LogP contribution is -2.02. The lowest BCUT2D eigenvalue weighted by atomic mass is 10.4. The van der Waals surface area contributed by atoms with Crippen LogP contribution in [0.3, 0.4) is 0 Å². The third-order valence-corrected chi connectivity index (χ3v) is 2.23. The Morgan fingerprint density at radius 2 is 2.07 bits per heavy atom. The van der Waals surface area contributed by atoms with Crippen LogP contribution >= 0.6 is 0 Å². The van der Waals surface area contributed by atoms with Crippen LogP contribution in [0.5, 0.6) is 0 Å². The predicted molar refractivity (Wildman–Crippen MR) is 52.6 cm³/mol. The van der Waals surface area contributed by atoms with E-state index in [1.165, 1.54) is 5.69 Å². The molecule has 0 radical (unpaired) electrons. The minimum atomic E-state index is -3.92. The van der Waals surface area contributed by atoms with E-state index in [9.17, 15) is 13.0 Å². The van der Waals surface area contributed by atoms with Crippen molar-refractivity contribution in [1.29, 1.82) is 0 Å². The fourth-order valence-electron chi connectivity index (χ4n) is 0.733. The van der Waals surface area contributed by atoms with E-state index in [1.54, 1.807) is 6.92 Å². The second kappa shape index (κ2) is 6.50. The van der Waals surface area contributed by atoms with E-state index < -0.39 is 10.1 Å². The fraction of sp³-hybridized carbons (Fsp3) is 0.444. The second-order valence-electron chi connectivity index (χ2n) is 2.81. The summed E-state index contributed by atoms with van der Waals surface area (Å²) in [5.41, 5.74) is 1.20. The third-order valence-electron chi connectivity index (χ3n) is 1.32. The third kappa shape index (κ3) is 9.15. The number of hydrogen-bond donors (Lipinski definition) is 0. The van der Waals surface area contributed by atoms with Gasteiger partial charge in [0.1, 0.15) is 0 Å².